The van der Waals surface area contributed by atoms with E-state index in [1.165, 1.54) is 0 Å². The van der Waals surface area contributed by atoms with Crippen LogP contribution in [-0.4, -0.2) is 59.9 Å². The predicted octanol–water partition coefficient (Wildman–Crippen LogP) is -0.963. The molecule has 2 fully saturated rings. The maximum atomic E-state index is 11.6. The largest absolute Gasteiger partial charge is 0.314 e. The van der Waals surface area contributed by atoms with Gasteiger partial charge in [-0.2, -0.15) is 11.8 Å². The molecule has 3 atom stereocenters. The number of rotatable bonds is 2. The minimum Gasteiger partial charge on any atom is -0.314 e. The number of nitrogens with zero attached hydrogens (tertiary/aromatic N) is 1. The zero-order chi connectivity index (χ0) is 11.7. The first kappa shape index (κ1) is 11.9. The molecule has 2 aliphatic rings. The van der Waals surface area contributed by atoms with E-state index >= 15 is 0 Å². The normalized spacial score (nSPS) is 36.5. The van der Waals surface area contributed by atoms with Crippen molar-refractivity contribution >= 4 is 23.6 Å². The van der Waals surface area contributed by atoms with Crippen LogP contribution in [0.5, 0.6) is 0 Å². The van der Waals surface area contributed by atoms with E-state index in [0.29, 0.717) is 11.8 Å². The molecular weight excluding hydrogens is 226 g/mol. The number of amides is 2. The first-order chi connectivity index (χ1) is 7.63. The third-order valence-corrected chi connectivity index (χ3v) is 4.41. The molecule has 3 unspecified atom stereocenters. The molecule has 6 heteroatoms. The van der Waals surface area contributed by atoms with E-state index < -0.39 is 0 Å². The van der Waals surface area contributed by atoms with Crippen LogP contribution in [0.15, 0.2) is 0 Å². The van der Waals surface area contributed by atoms with E-state index in [1.807, 2.05) is 11.8 Å². The molecule has 2 N–H and O–H groups in total. The summed E-state index contributed by atoms with van der Waals surface area (Å²) < 4.78 is 0. The number of hydrogen-bond acceptors (Lipinski definition) is 5. The Labute approximate surface area is 99.3 Å². The Morgan fingerprint density at radius 1 is 1.38 bits per heavy atom. The molecule has 2 aliphatic heterocycles. The Kier molecular flexibility index (Phi) is 3.51. The lowest BCUT2D eigenvalue weighted by molar-refractivity contribution is -0.140. The molecule has 16 heavy (non-hydrogen) atoms. The Morgan fingerprint density at radius 3 is 2.81 bits per heavy atom. The zero-order valence-corrected chi connectivity index (χ0v) is 10.3. The van der Waals surface area contributed by atoms with Crippen LogP contribution in [-0.2, 0) is 9.59 Å². The minimum atomic E-state index is -0.211. The van der Waals surface area contributed by atoms with Gasteiger partial charge in [0, 0.05) is 24.4 Å². The van der Waals surface area contributed by atoms with E-state index in [2.05, 4.69) is 16.9 Å². The minimum absolute atomic E-state index is 0.178. The molecule has 2 heterocycles. The van der Waals surface area contributed by atoms with Crippen LogP contribution in [0.2, 0.25) is 0 Å². The van der Waals surface area contributed by atoms with Gasteiger partial charge in [0.25, 0.3) is 0 Å². The molecule has 0 spiro atoms. The van der Waals surface area contributed by atoms with Crippen LogP contribution < -0.4 is 10.6 Å². The molecule has 5 nitrogen and oxygen atoms in total. The number of carbonyl (C=O) groups excluding carboxylic acids is 2. The van der Waals surface area contributed by atoms with Gasteiger partial charge in [-0.25, -0.2) is 0 Å². The number of piperazine rings is 1. The standard InChI is InChI=1S/C10H17N3O2S/c1-6-10(15)12-9(14)5-13(6)7-3-11-4-8(7)16-2/h6-8,11H,3-5H2,1-2H3,(H,12,14,15). The summed E-state index contributed by atoms with van der Waals surface area (Å²) in [5, 5.41) is 6.14. The predicted molar refractivity (Wildman–Crippen MR) is 63.3 cm³/mol. The van der Waals surface area contributed by atoms with Gasteiger partial charge in [-0.05, 0) is 13.2 Å². The molecular formula is C10H17N3O2S. The average molecular weight is 243 g/mol. The lowest BCUT2D eigenvalue weighted by Crippen LogP contribution is -2.61. The first-order valence-electron chi connectivity index (χ1n) is 5.46. The van der Waals surface area contributed by atoms with Gasteiger partial charge >= 0.3 is 0 Å². The van der Waals surface area contributed by atoms with E-state index in [1.54, 1.807) is 11.8 Å². The number of thioether (sulfide) groups is 1. The fourth-order valence-electron chi connectivity index (χ4n) is 2.35. The maximum absolute atomic E-state index is 11.6. The van der Waals surface area contributed by atoms with Crippen LogP contribution in [0.1, 0.15) is 6.92 Å². The van der Waals surface area contributed by atoms with Crippen molar-refractivity contribution in [1.82, 2.24) is 15.5 Å². The summed E-state index contributed by atoms with van der Waals surface area (Å²) >= 11 is 1.79. The molecule has 2 saturated heterocycles. The Balaban J connectivity index is 2.12. The zero-order valence-electron chi connectivity index (χ0n) is 9.53. The first-order valence-corrected chi connectivity index (χ1v) is 6.75. The number of imide groups is 1. The smallest absolute Gasteiger partial charge is 0.243 e. The number of carbonyl (C=O) groups is 2. The van der Waals surface area contributed by atoms with Crippen LogP contribution in [0, 0.1) is 0 Å². The lowest BCUT2D eigenvalue weighted by Gasteiger charge is -2.37. The molecule has 0 aromatic heterocycles. The van der Waals surface area contributed by atoms with Crippen LogP contribution >= 0.6 is 11.8 Å². The lowest BCUT2D eigenvalue weighted by atomic mass is 10.1. The second kappa shape index (κ2) is 4.73. The van der Waals surface area contributed by atoms with Gasteiger partial charge in [0.1, 0.15) is 0 Å². The van der Waals surface area contributed by atoms with Crippen molar-refractivity contribution in [1.29, 1.82) is 0 Å². The highest BCUT2D eigenvalue weighted by molar-refractivity contribution is 7.99. The second-order valence-corrected chi connectivity index (χ2v) is 5.34. The molecule has 0 saturated carbocycles. The van der Waals surface area contributed by atoms with Crippen molar-refractivity contribution < 1.29 is 9.59 Å². The molecule has 0 bridgehead atoms. The molecule has 90 valence electrons. The highest BCUT2D eigenvalue weighted by Gasteiger charge is 2.39. The highest BCUT2D eigenvalue weighted by atomic mass is 32.2. The maximum Gasteiger partial charge on any atom is 0.243 e. The molecule has 0 aliphatic carbocycles. The van der Waals surface area contributed by atoms with Crippen LogP contribution in [0.25, 0.3) is 0 Å². The number of hydrogen-bond donors (Lipinski definition) is 2. The SMILES string of the molecule is CSC1CNCC1N1CC(=O)NC(=O)C1C. The summed E-state index contributed by atoms with van der Waals surface area (Å²) in [5.74, 6) is -0.363. The summed E-state index contributed by atoms with van der Waals surface area (Å²) in [6, 6.07) is 0.0669. The van der Waals surface area contributed by atoms with Gasteiger partial charge in [0.15, 0.2) is 0 Å². The monoisotopic (exact) mass is 243 g/mol. The van der Waals surface area contributed by atoms with Crippen molar-refractivity contribution in [2.24, 2.45) is 0 Å². The number of nitrogens with one attached hydrogen (secondary N) is 2. The topological polar surface area (TPSA) is 61.4 Å². The molecule has 0 aromatic carbocycles. The van der Waals surface area contributed by atoms with Gasteiger partial charge in [0.2, 0.25) is 11.8 Å². The average Bonchev–Trinajstić information content (AvgIpc) is 2.71. The van der Waals surface area contributed by atoms with Gasteiger partial charge in [-0.1, -0.05) is 0 Å². The van der Waals surface area contributed by atoms with Crippen molar-refractivity contribution in [3.8, 4) is 0 Å². The fraction of sp³-hybridized carbons (Fsp3) is 0.800. The van der Waals surface area contributed by atoms with Gasteiger partial charge < -0.3 is 5.32 Å². The molecule has 2 rings (SSSR count). The van der Waals surface area contributed by atoms with E-state index in [0.717, 1.165) is 13.1 Å². The molecule has 0 radical (unpaired) electrons. The highest BCUT2D eigenvalue weighted by Crippen LogP contribution is 2.22. The fourth-order valence-corrected chi connectivity index (χ4v) is 3.20. The summed E-state index contributed by atoms with van der Waals surface area (Å²) in [5.41, 5.74) is 0. The van der Waals surface area contributed by atoms with E-state index in [9.17, 15) is 9.59 Å². The van der Waals surface area contributed by atoms with Crippen LogP contribution in [0.4, 0.5) is 0 Å². The Hall–Kier alpha value is -0.590. The van der Waals surface area contributed by atoms with Gasteiger partial charge in [-0.15, -0.1) is 0 Å². The van der Waals surface area contributed by atoms with E-state index in [4.69, 9.17) is 0 Å². The summed E-state index contributed by atoms with van der Waals surface area (Å²) in [4.78, 5) is 25.0. The summed E-state index contributed by atoms with van der Waals surface area (Å²) in [6.07, 6.45) is 2.07. The quantitative estimate of drug-likeness (QED) is 0.612. The van der Waals surface area contributed by atoms with Crippen LogP contribution in [0.3, 0.4) is 0 Å². The van der Waals surface area contributed by atoms with Gasteiger partial charge in [-0.3, -0.25) is 19.8 Å². The van der Waals surface area contributed by atoms with Gasteiger partial charge in [0.05, 0.1) is 12.6 Å². The van der Waals surface area contributed by atoms with E-state index in [-0.39, 0.29) is 23.9 Å². The summed E-state index contributed by atoms with van der Waals surface area (Å²) in [6.45, 7) is 4.00. The molecule has 2 amide bonds. The third-order valence-electron chi connectivity index (χ3n) is 3.32. The Bertz CT molecular complexity index is 310. The van der Waals surface area contributed by atoms with Crippen molar-refractivity contribution in [2.45, 2.75) is 24.3 Å². The van der Waals surface area contributed by atoms with Crippen molar-refractivity contribution in [3.63, 3.8) is 0 Å². The van der Waals surface area contributed by atoms with Crippen molar-refractivity contribution in [2.75, 3.05) is 25.9 Å². The molecule has 0 aromatic rings. The second-order valence-electron chi connectivity index (χ2n) is 4.26. The third kappa shape index (κ3) is 2.09. The summed E-state index contributed by atoms with van der Waals surface area (Å²) in [7, 11) is 0. The van der Waals surface area contributed by atoms with Crippen molar-refractivity contribution in [3.05, 3.63) is 0 Å². The Morgan fingerprint density at radius 2 is 2.12 bits per heavy atom.